The van der Waals surface area contributed by atoms with Gasteiger partial charge >= 0.3 is 0 Å². The van der Waals surface area contributed by atoms with Crippen molar-refractivity contribution in [3.05, 3.63) is 36.0 Å². The molecule has 0 aliphatic heterocycles. The maximum atomic E-state index is 5.83. The zero-order valence-corrected chi connectivity index (χ0v) is 12.4. The Hall–Kier alpha value is -1.95. The van der Waals surface area contributed by atoms with Crippen molar-refractivity contribution >= 4 is 5.82 Å². The van der Waals surface area contributed by atoms with Crippen molar-refractivity contribution in [1.82, 2.24) is 19.7 Å². The average molecular weight is 286 g/mol. The van der Waals surface area contributed by atoms with Gasteiger partial charge in [-0.3, -0.25) is 4.68 Å². The number of aromatic nitrogens is 4. The smallest absolute Gasteiger partial charge is 0.129 e. The number of hydrogen-bond donors (Lipinski definition) is 2. The summed E-state index contributed by atoms with van der Waals surface area (Å²) in [5.41, 5.74) is 8.14. The van der Waals surface area contributed by atoms with E-state index < -0.39 is 0 Å². The molecular formula is C15H22N6. The number of nitrogens with zero attached hydrogens (tertiary/aromatic N) is 4. The Balaban J connectivity index is 1.45. The number of nitrogens with two attached hydrogens (primary N) is 1. The topological polar surface area (TPSA) is 81.7 Å². The maximum Gasteiger partial charge on any atom is 0.129 e. The molecule has 0 spiro atoms. The van der Waals surface area contributed by atoms with Gasteiger partial charge in [-0.05, 0) is 31.7 Å². The summed E-state index contributed by atoms with van der Waals surface area (Å²) in [7, 11) is 0. The first-order valence-electron chi connectivity index (χ1n) is 7.51. The zero-order chi connectivity index (χ0) is 14.7. The van der Waals surface area contributed by atoms with Gasteiger partial charge < -0.3 is 11.1 Å². The van der Waals surface area contributed by atoms with E-state index in [1.54, 1.807) is 6.33 Å². The van der Waals surface area contributed by atoms with Gasteiger partial charge in [0.15, 0.2) is 0 Å². The second-order valence-electron chi connectivity index (χ2n) is 5.82. The van der Waals surface area contributed by atoms with Gasteiger partial charge in [0.2, 0.25) is 0 Å². The van der Waals surface area contributed by atoms with Crippen molar-refractivity contribution in [2.24, 2.45) is 5.73 Å². The maximum absolute atomic E-state index is 5.83. The molecule has 0 saturated heterocycles. The molecule has 2 aromatic heterocycles. The molecule has 1 fully saturated rings. The van der Waals surface area contributed by atoms with Gasteiger partial charge in [-0.1, -0.05) is 0 Å². The third-order valence-electron chi connectivity index (χ3n) is 3.91. The Bertz CT molecular complexity index is 587. The molecule has 0 unspecified atom stereocenters. The number of aryl methyl sites for hydroxylation is 2. The van der Waals surface area contributed by atoms with Crippen LogP contribution in [-0.2, 0) is 6.54 Å². The van der Waals surface area contributed by atoms with Gasteiger partial charge in [0.1, 0.15) is 12.1 Å². The molecule has 2 heterocycles. The lowest BCUT2D eigenvalue weighted by molar-refractivity contribution is 0.345. The van der Waals surface area contributed by atoms with E-state index in [2.05, 4.69) is 39.6 Å². The fraction of sp³-hybridized carbons (Fsp3) is 0.533. The Morgan fingerprint density at radius 1 is 1.38 bits per heavy atom. The average Bonchev–Trinajstić information content (AvgIpc) is 2.86. The molecule has 0 aromatic carbocycles. The fourth-order valence-corrected chi connectivity index (χ4v) is 2.64. The van der Waals surface area contributed by atoms with E-state index in [9.17, 15) is 0 Å². The van der Waals surface area contributed by atoms with Crippen LogP contribution in [0.2, 0.25) is 0 Å². The molecule has 1 saturated carbocycles. The second kappa shape index (κ2) is 6.22. The molecule has 3 rings (SSSR count). The third kappa shape index (κ3) is 3.58. The summed E-state index contributed by atoms with van der Waals surface area (Å²) in [5, 5.41) is 7.63. The lowest BCUT2D eigenvalue weighted by Gasteiger charge is -2.31. The number of anilines is 1. The minimum atomic E-state index is 0.346. The van der Waals surface area contributed by atoms with Crippen LogP contribution in [0.5, 0.6) is 0 Å². The van der Waals surface area contributed by atoms with Crippen molar-refractivity contribution in [2.75, 3.05) is 11.9 Å². The van der Waals surface area contributed by atoms with Crippen LogP contribution in [-0.4, -0.2) is 32.3 Å². The summed E-state index contributed by atoms with van der Waals surface area (Å²) in [4.78, 5) is 8.63. The van der Waals surface area contributed by atoms with Crippen LogP contribution in [0.4, 0.5) is 5.82 Å². The highest BCUT2D eigenvalue weighted by atomic mass is 15.3. The van der Waals surface area contributed by atoms with Crippen LogP contribution in [0.25, 0.3) is 0 Å². The second-order valence-corrected chi connectivity index (χ2v) is 5.82. The molecule has 1 aliphatic rings. The number of nitrogens with one attached hydrogen (secondary N) is 1. The van der Waals surface area contributed by atoms with Gasteiger partial charge in [0.25, 0.3) is 0 Å². The highest BCUT2D eigenvalue weighted by Crippen LogP contribution is 2.34. The van der Waals surface area contributed by atoms with E-state index >= 15 is 0 Å². The largest absolute Gasteiger partial charge is 0.370 e. The summed E-state index contributed by atoms with van der Waals surface area (Å²) in [6.45, 7) is 3.84. The monoisotopic (exact) mass is 286 g/mol. The first kappa shape index (κ1) is 14.0. The van der Waals surface area contributed by atoms with Crippen LogP contribution in [0.1, 0.15) is 36.4 Å². The molecule has 0 radical (unpaired) electrons. The quantitative estimate of drug-likeness (QED) is 0.790. The van der Waals surface area contributed by atoms with E-state index in [0.29, 0.717) is 12.0 Å². The van der Waals surface area contributed by atoms with Crippen LogP contribution in [0.15, 0.2) is 24.8 Å². The summed E-state index contributed by atoms with van der Waals surface area (Å²) in [5.74, 6) is 1.41. The molecule has 0 atom stereocenters. The highest BCUT2D eigenvalue weighted by Gasteiger charge is 2.28. The Morgan fingerprint density at radius 2 is 2.24 bits per heavy atom. The first-order chi connectivity index (χ1) is 10.2. The summed E-state index contributed by atoms with van der Waals surface area (Å²) >= 11 is 0. The Labute approximate surface area is 124 Å². The lowest BCUT2D eigenvalue weighted by atomic mass is 9.79. The summed E-state index contributed by atoms with van der Waals surface area (Å²) < 4.78 is 1.97. The van der Waals surface area contributed by atoms with Gasteiger partial charge in [0, 0.05) is 43.0 Å². The number of rotatable bonds is 6. The van der Waals surface area contributed by atoms with E-state index in [4.69, 9.17) is 5.73 Å². The lowest BCUT2D eigenvalue weighted by Crippen LogP contribution is -2.35. The standard InChI is InChI=1S/C15H22N6/c1-11-8-20-21(9-11)4-2-3-17-15-7-14(18-10-19-15)12-5-13(16)6-12/h7-10,12-13H,2-6,16H2,1H3,(H,17,18,19). The summed E-state index contributed by atoms with van der Waals surface area (Å²) in [6, 6.07) is 2.40. The molecule has 0 amide bonds. The van der Waals surface area contributed by atoms with Gasteiger partial charge in [-0.15, -0.1) is 0 Å². The molecule has 112 valence electrons. The van der Waals surface area contributed by atoms with E-state index in [1.165, 1.54) is 5.56 Å². The van der Waals surface area contributed by atoms with Crippen LogP contribution < -0.4 is 11.1 Å². The number of hydrogen-bond acceptors (Lipinski definition) is 5. The molecule has 2 aromatic rings. The third-order valence-corrected chi connectivity index (χ3v) is 3.91. The summed E-state index contributed by atoms with van der Waals surface area (Å²) in [6.07, 6.45) is 8.66. The van der Waals surface area contributed by atoms with Gasteiger partial charge in [0.05, 0.1) is 6.20 Å². The van der Waals surface area contributed by atoms with Crippen molar-refractivity contribution in [2.45, 2.75) is 44.7 Å². The minimum Gasteiger partial charge on any atom is -0.370 e. The van der Waals surface area contributed by atoms with Crippen LogP contribution in [0.3, 0.4) is 0 Å². The molecule has 21 heavy (non-hydrogen) atoms. The first-order valence-corrected chi connectivity index (χ1v) is 7.51. The molecule has 6 heteroatoms. The van der Waals surface area contributed by atoms with Gasteiger partial charge in [-0.25, -0.2) is 9.97 Å². The van der Waals surface area contributed by atoms with Crippen molar-refractivity contribution in [3.63, 3.8) is 0 Å². The van der Waals surface area contributed by atoms with Crippen molar-refractivity contribution < 1.29 is 0 Å². The zero-order valence-electron chi connectivity index (χ0n) is 12.4. The van der Waals surface area contributed by atoms with E-state index in [0.717, 1.165) is 43.9 Å². The Kier molecular flexibility index (Phi) is 4.15. The normalized spacial score (nSPS) is 21.0. The van der Waals surface area contributed by atoms with Crippen LogP contribution in [0, 0.1) is 6.92 Å². The molecule has 3 N–H and O–H groups in total. The van der Waals surface area contributed by atoms with Crippen molar-refractivity contribution in [1.29, 1.82) is 0 Å². The predicted octanol–water partition coefficient (Wildman–Crippen LogP) is 1.69. The highest BCUT2D eigenvalue weighted by molar-refractivity contribution is 5.36. The predicted molar refractivity (Wildman–Crippen MR) is 82.1 cm³/mol. The van der Waals surface area contributed by atoms with Gasteiger partial charge in [-0.2, -0.15) is 5.10 Å². The van der Waals surface area contributed by atoms with E-state index in [1.807, 2.05) is 10.9 Å². The minimum absolute atomic E-state index is 0.346. The Morgan fingerprint density at radius 3 is 2.95 bits per heavy atom. The van der Waals surface area contributed by atoms with Crippen LogP contribution >= 0.6 is 0 Å². The molecule has 1 aliphatic carbocycles. The SMILES string of the molecule is Cc1cnn(CCCNc2cc(C3CC(N)C3)ncn2)c1. The van der Waals surface area contributed by atoms with E-state index in [-0.39, 0.29) is 0 Å². The fourth-order valence-electron chi connectivity index (χ4n) is 2.64. The molecular weight excluding hydrogens is 264 g/mol. The molecule has 6 nitrogen and oxygen atoms in total. The van der Waals surface area contributed by atoms with Crippen molar-refractivity contribution in [3.8, 4) is 0 Å². The molecule has 0 bridgehead atoms.